The highest BCUT2D eigenvalue weighted by Crippen LogP contribution is 2.29. The van der Waals surface area contributed by atoms with Crippen molar-refractivity contribution in [1.29, 1.82) is 0 Å². The second-order valence-corrected chi connectivity index (χ2v) is 8.38. The maximum Gasteiger partial charge on any atom is 0.227 e. The number of halogens is 1. The number of rotatable bonds is 4. The van der Waals surface area contributed by atoms with Crippen molar-refractivity contribution < 1.29 is 13.2 Å². The molecule has 116 valence electrons. The first kappa shape index (κ1) is 16.3. The Morgan fingerprint density at radius 1 is 1.38 bits per heavy atom. The molecule has 1 saturated carbocycles. The van der Waals surface area contributed by atoms with Gasteiger partial charge in [0, 0.05) is 24.4 Å². The predicted molar refractivity (Wildman–Crippen MR) is 84.2 cm³/mol. The van der Waals surface area contributed by atoms with Gasteiger partial charge in [-0.05, 0) is 37.0 Å². The molecule has 0 bridgehead atoms. The molecule has 1 aromatic carbocycles. The fourth-order valence-electron chi connectivity index (χ4n) is 2.98. The molecular weight excluding hydrogens is 310 g/mol. The van der Waals surface area contributed by atoms with E-state index >= 15 is 0 Å². The van der Waals surface area contributed by atoms with Gasteiger partial charge in [-0.2, -0.15) is 0 Å². The Labute approximate surface area is 131 Å². The zero-order valence-corrected chi connectivity index (χ0v) is 13.8. The Bertz CT molecular complexity index is 630. The first-order valence-electron chi connectivity index (χ1n) is 6.98. The molecule has 2 atom stereocenters. The minimum Gasteiger partial charge on any atom is -0.341 e. The quantitative estimate of drug-likeness (QED) is 0.851. The van der Waals surface area contributed by atoms with Gasteiger partial charge in [0.2, 0.25) is 5.91 Å². The van der Waals surface area contributed by atoms with Crippen LogP contribution >= 0.6 is 11.6 Å². The van der Waals surface area contributed by atoms with Gasteiger partial charge in [-0.25, -0.2) is 8.42 Å². The number of carbonyl (C=O) groups is 1. The van der Waals surface area contributed by atoms with Crippen molar-refractivity contribution in [3.8, 4) is 0 Å². The summed E-state index contributed by atoms with van der Waals surface area (Å²) in [5, 5.41) is 0.156. The van der Waals surface area contributed by atoms with Gasteiger partial charge in [0.1, 0.15) is 0 Å². The van der Waals surface area contributed by atoms with E-state index < -0.39 is 15.1 Å². The van der Waals surface area contributed by atoms with Crippen molar-refractivity contribution in [2.75, 3.05) is 13.3 Å². The number of sulfone groups is 1. The van der Waals surface area contributed by atoms with E-state index in [0.29, 0.717) is 11.4 Å². The van der Waals surface area contributed by atoms with Crippen LogP contribution in [0.2, 0.25) is 5.02 Å². The average molecular weight is 330 g/mol. The molecule has 0 heterocycles. The Morgan fingerprint density at radius 3 is 2.71 bits per heavy atom. The van der Waals surface area contributed by atoms with Crippen molar-refractivity contribution in [3.05, 3.63) is 34.9 Å². The Morgan fingerprint density at radius 2 is 2.10 bits per heavy atom. The smallest absolute Gasteiger partial charge is 0.227 e. The van der Waals surface area contributed by atoms with E-state index in [4.69, 9.17) is 11.6 Å². The van der Waals surface area contributed by atoms with E-state index in [2.05, 4.69) is 0 Å². The summed E-state index contributed by atoms with van der Waals surface area (Å²) in [6, 6.07) is 6.96. The van der Waals surface area contributed by atoms with E-state index in [-0.39, 0.29) is 18.4 Å². The molecule has 0 spiro atoms. The topological polar surface area (TPSA) is 54.5 Å². The number of carbonyl (C=O) groups excluding carboxylic acids is 1. The van der Waals surface area contributed by atoms with Gasteiger partial charge >= 0.3 is 0 Å². The fourth-order valence-corrected chi connectivity index (χ4v) is 4.68. The zero-order valence-electron chi connectivity index (χ0n) is 12.3. The Hall–Kier alpha value is -1.07. The van der Waals surface area contributed by atoms with Gasteiger partial charge in [-0.15, -0.1) is 0 Å². The molecule has 0 unspecified atom stereocenters. The molecule has 4 nitrogen and oxygen atoms in total. The molecule has 2 rings (SSSR count). The lowest BCUT2D eigenvalue weighted by Crippen LogP contribution is -2.45. The number of benzene rings is 1. The minimum absolute atomic E-state index is 0.0715. The lowest BCUT2D eigenvalue weighted by molar-refractivity contribution is -0.131. The van der Waals surface area contributed by atoms with Crippen LogP contribution in [0.4, 0.5) is 0 Å². The summed E-state index contributed by atoms with van der Waals surface area (Å²) in [5.74, 6) is -0.0715. The average Bonchev–Trinajstić information content (AvgIpc) is 2.86. The molecule has 1 aromatic rings. The van der Waals surface area contributed by atoms with Gasteiger partial charge in [0.25, 0.3) is 0 Å². The van der Waals surface area contributed by atoms with Crippen LogP contribution in [0, 0.1) is 0 Å². The van der Waals surface area contributed by atoms with Crippen LogP contribution in [0.25, 0.3) is 0 Å². The lowest BCUT2D eigenvalue weighted by atomic mass is 10.1. The number of hydrogen-bond donors (Lipinski definition) is 0. The van der Waals surface area contributed by atoms with Crippen molar-refractivity contribution >= 4 is 27.3 Å². The molecule has 1 aliphatic rings. The molecule has 1 amide bonds. The number of likely N-dealkylation sites (N-methyl/N-ethyl adjacent to an activating group) is 1. The largest absolute Gasteiger partial charge is 0.341 e. The first-order chi connectivity index (χ1) is 9.79. The van der Waals surface area contributed by atoms with Crippen LogP contribution in [0.3, 0.4) is 0 Å². The summed E-state index contributed by atoms with van der Waals surface area (Å²) in [6.07, 6.45) is 3.72. The standard InChI is InChI=1S/C15H20ClNO3S/c1-17(13-7-4-8-14(13)21(2,19)20)15(18)10-11-5-3-6-12(16)9-11/h3,5-6,9,13-14H,4,7-8,10H2,1-2H3/t13-,14+/m0/s1. The van der Waals surface area contributed by atoms with Crippen molar-refractivity contribution in [2.45, 2.75) is 37.0 Å². The monoisotopic (exact) mass is 329 g/mol. The fraction of sp³-hybridized carbons (Fsp3) is 0.533. The van der Waals surface area contributed by atoms with Gasteiger partial charge < -0.3 is 4.90 Å². The molecule has 6 heteroatoms. The SMILES string of the molecule is CN(C(=O)Cc1cccc(Cl)c1)[C@H]1CCC[C@H]1S(C)(=O)=O. The third-order valence-corrected chi connectivity index (χ3v) is 5.99. The van der Waals surface area contributed by atoms with Gasteiger partial charge in [0.15, 0.2) is 9.84 Å². The van der Waals surface area contributed by atoms with Crippen molar-refractivity contribution in [2.24, 2.45) is 0 Å². The van der Waals surface area contributed by atoms with Crippen LogP contribution < -0.4 is 0 Å². The van der Waals surface area contributed by atoms with Gasteiger partial charge in [-0.1, -0.05) is 23.7 Å². The molecular formula is C15H20ClNO3S. The van der Waals surface area contributed by atoms with Crippen molar-refractivity contribution in [3.63, 3.8) is 0 Å². The molecule has 0 saturated heterocycles. The highest BCUT2D eigenvalue weighted by Gasteiger charge is 2.38. The second kappa shape index (κ2) is 6.36. The Balaban J connectivity index is 2.09. The molecule has 0 aromatic heterocycles. The van der Waals surface area contributed by atoms with Crippen molar-refractivity contribution in [1.82, 2.24) is 4.90 Å². The van der Waals surface area contributed by atoms with E-state index in [1.54, 1.807) is 30.1 Å². The molecule has 0 radical (unpaired) electrons. The third-order valence-electron chi connectivity index (χ3n) is 4.10. The molecule has 21 heavy (non-hydrogen) atoms. The highest BCUT2D eigenvalue weighted by atomic mass is 35.5. The van der Waals surface area contributed by atoms with E-state index in [9.17, 15) is 13.2 Å². The van der Waals surface area contributed by atoms with Crippen LogP contribution in [0.15, 0.2) is 24.3 Å². The van der Waals surface area contributed by atoms with Crippen LogP contribution in [-0.4, -0.2) is 43.8 Å². The first-order valence-corrected chi connectivity index (χ1v) is 9.31. The summed E-state index contributed by atoms with van der Waals surface area (Å²) in [5.41, 5.74) is 0.841. The van der Waals surface area contributed by atoms with Crippen LogP contribution in [0.5, 0.6) is 0 Å². The normalized spacial score (nSPS) is 22.2. The maximum atomic E-state index is 12.4. The Kier molecular flexibility index (Phi) is 4.94. The summed E-state index contributed by atoms with van der Waals surface area (Å²) in [6.45, 7) is 0. The van der Waals surface area contributed by atoms with Crippen LogP contribution in [0.1, 0.15) is 24.8 Å². The van der Waals surface area contributed by atoms with Crippen LogP contribution in [-0.2, 0) is 21.1 Å². The van der Waals surface area contributed by atoms with Gasteiger partial charge in [-0.3, -0.25) is 4.79 Å². The number of amides is 1. The summed E-state index contributed by atoms with van der Waals surface area (Å²) < 4.78 is 23.6. The predicted octanol–water partition coefficient (Wildman–Crippen LogP) is 2.31. The molecule has 1 aliphatic carbocycles. The zero-order chi connectivity index (χ0) is 15.6. The maximum absolute atomic E-state index is 12.4. The highest BCUT2D eigenvalue weighted by molar-refractivity contribution is 7.91. The van der Waals surface area contributed by atoms with E-state index in [0.717, 1.165) is 18.4 Å². The summed E-state index contributed by atoms with van der Waals surface area (Å²) >= 11 is 5.91. The molecule has 1 fully saturated rings. The number of hydrogen-bond acceptors (Lipinski definition) is 3. The summed E-state index contributed by atoms with van der Waals surface area (Å²) in [4.78, 5) is 14.0. The lowest BCUT2D eigenvalue weighted by Gasteiger charge is -2.29. The van der Waals surface area contributed by atoms with Gasteiger partial charge in [0.05, 0.1) is 11.7 Å². The van der Waals surface area contributed by atoms with E-state index in [1.165, 1.54) is 6.26 Å². The van der Waals surface area contributed by atoms with E-state index in [1.807, 2.05) is 6.07 Å². The summed E-state index contributed by atoms with van der Waals surface area (Å²) in [7, 11) is -1.43. The molecule has 0 N–H and O–H groups in total. The third kappa shape index (κ3) is 3.98. The minimum atomic E-state index is -3.12. The second-order valence-electron chi connectivity index (χ2n) is 5.68. The molecule has 0 aliphatic heterocycles. The number of nitrogens with zero attached hydrogens (tertiary/aromatic N) is 1.